The first kappa shape index (κ1) is 14.1. The Labute approximate surface area is 127 Å². The zero-order chi connectivity index (χ0) is 15.0. The molecule has 1 amide bonds. The van der Waals surface area contributed by atoms with Gasteiger partial charge in [-0.2, -0.15) is 5.10 Å². The smallest absolute Gasteiger partial charge is 0.274 e. The van der Waals surface area contributed by atoms with E-state index >= 15 is 0 Å². The van der Waals surface area contributed by atoms with Gasteiger partial charge >= 0.3 is 0 Å². The minimum Gasteiger partial charge on any atom is -0.330 e. The van der Waals surface area contributed by atoms with Gasteiger partial charge in [0.25, 0.3) is 5.91 Å². The van der Waals surface area contributed by atoms with Crippen LogP contribution >= 0.6 is 11.6 Å². The molecule has 6 heteroatoms. The van der Waals surface area contributed by atoms with E-state index in [1.165, 1.54) is 16.9 Å². The van der Waals surface area contributed by atoms with Crippen LogP contribution in [0.25, 0.3) is 0 Å². The average Bonchev–Trinajstić information content (AvgIpc) is 3.06. The Kier molecular flexibility index (Phi) is 3.68. The largest absolute Gasteiger partial charge is 0.330 e. The van der Waals surface area contributed by atoms with Crippen LogP contribution in [0, 0.1) is 5.82 Å². The lowest BCUT2D eigenvalue weighted by atomic mass is 10.0. The number of benzene rings is 1. The molecule has 1 aliphatic rings. The Morgan fingerprint density at radius 3 is 2.86 bits per heavy atom. The summed E-state index contributed by atoms with van der Waals surface area (Å²) in [6.07, 6.45) is 3.05. The number of carbonyl (C=O) groups excluding carboxylic acids is 1. The van der Waals surface area contributed by atoms with E-state index in [-0.39, 0.29) is 17.8 Å². The lowest BCUT2D eigenvalue weighted by Crippen LogP contribution is -2.32. The molecule has 1 aromatic carbocycles. The van der Waals surface area contributed by atoms with E-state index in [2.05, 4.69) is 5.10 Å². The van der Waals surface area contributed by atoms with Crippen molar-refractivity contribution < 1.29 is 9.18 Å². The first-order valence-electron chi connectivity index (χ1n) is 6.82. The summed E-state index contributed by atoms with van der Waals surface area (Å²) in [5.74, 6) is -0.482. The summed E-state index contributed by atoms with van der Waals surface area (Å²) >= 11 is 6.04. The number of carbonyl (C=O) groups is 1. The predicted molar refractivity (Wildman–Crippen MR) is 77.6 cm³/mol. The molecule has 3 rings (SSSR count). The van der Waals surface area contributed by atoms with E-state index in [0.717, 1.165) is 12.8 Å². The van der Waals surface area contributed by atoms with E-state index in [0.29, 0.717) is 22.8 Å². The van der Waals surface area contributed by atoms with Crippen molar-refractivity contribution in [2.75, 3.05) is 6.54 Å². The first-order valence-corrected chi connectivity index (χ1v) is 7.20. The number of halogens is 2. The van der Waals surface area contributed by atoms with Gasteiger partial charge in [0.1, 0.15) is 11.5 Å². The Morgan fingerprint density at radius 2 is 2.19 bits per heavy atom. The maximum absolute atomic E-state index is 14.0. The zero-order valence-corrected chi connectivity index (χ0v) is 12.3. The summed E-state index contributed by atoms with van der Waals surface area (Å²) in [5, 5.41) is 4.31. The molecule has 1 atom stereocenters. The molecular weight excluding hydrogens is 293 g/mol. The fourth-order valence-corrected chi connectivity index (χ4v) is 3.11. The van der Waals surface area contributed by atoms with Gasteiger partial charge in [-0.1, -0.05) is 29.8 Å². The first-order chi connectivity index (χ1) is 10.1. The molecule has 0 spiro atoms. The maximum atomic E-state index is 14.0. The molecule has 2 heterocycles. The summed E-state index contributed by atoms with van der Waals surface area (Å²) in [6, 6.07) is 6.35. The second-order valence-corrected chi connectivity index (χ2v) is 5.55. The molecule has 2 aromatic rings. The molecule has 0 unspecified atom stereocenters. The SMILES string of the molecule is Cn1ncc(Cl)c1C(=O)N1CCC[C@@H]1c1ccccc1F. The van der Waals surface area contributed by atoms with Gasteiger partial charge < -0.3 is 4.90 Å². The number of aromatic nitrogens is 2. The monoisotopic (exact) mass is 307 g/mol. The molecule has 110 valence electrons. The predicted octanol–water partition coefficient (Wildman–Crippen LogP) is 3.19. The minimum atomic E-state index is -0.279. The summed E-state index contributed by atoms with van der Waals surface area (Å²) in [7, 11) is 1.67. The number of nitrogens with zero attached hydrogens (tertiary/aromatic N) is 3. The number of likely N-dealkylation sites (tertiary alicyclic amines) is 1. The van der Waals surface area contributed by atoms with Crippen molar-refractivity contribution in [1.29, 1.82) is 0 Å². The summed E-state index contributed by atoms with van der Waals surface area (Å²) in [4.78, 5) is 14.4. The van der Waals surface area contributed by atoms with Crippen LogP contribution in [0.4, 0.5) is 4.39 Å². The summed E-state index contributed by atoms with van der Waals surface area (Å²) in [5.41, 5.74) is 0.904. The number of amides is 1. The van der Waals surface area contributed by atoms with Crippen LogP contribution in [-0.2, 0) is 7.05 Å². The Morgan fingerprint density at radius 1 is 1.43 bits per heavy atom. The molecule has 0 radical (unpaired) electrons. The second kappa shape index (κ2) is 5.48. The maximum Gasteiger partial charge on any atom is 0.274 e. The normalized spacial score (nSPS) is 18.2. The fraction of sp³-hybridized carbons (Fsp3) is 0.333. The lowest BCUT2D eigenvalue weighted by Gasteiger charge is -2.25. The van der Waals surface area contributed by atoms with Crippen LogP contribution in [0.1, 0.15) is 34.9 Å². The zero-order valence-electron chi connectivity index (χ0n) is 11.6. The molecule has 0 N–H and O–H groups in total. The van der Waals surface area contributed by atoms with Gasteiger partial charge in [-0.3, -0.25) is 9.48 Å². The third-order valence-corrected chi connectivity index (χ3v) is 4.15. The highest BCUT2D eigenvalue weighted by atomic mass is 35.5. The Hall–Kier alpha value is -1.88. The fourth-order valence-electron chi connectivity index (χ4n) is 2.87. The van der Waals surface area contributed by atoms with Crippen molar-refractivity contribution in [2.45, 2.75) is 18.9 Å². The molecule has 0 aliphatic carbocycles. The molecule has 1 saturated heterocycles. The van der Waals surface area contributed by atoms with Gasteiger partial charge in [-0.25, -0.2) is 4.39 Å². The highest BCUT2D eigenvalue weighted by Crippen LogP contribution is 2.35. The average molecular weight is 308 g/mol. The van der Waals surface area contributed by atoms with Crippen LogP contribution in [0.3, 0.4) is 0 Å². The highest BCUT2D eigenvalue weighted by Gasteiger charge is 2.34. The highest BCUT2D eigenvalue weighted by molar-refractivity contribution is 6.33. The van der Waals surface area contributed by atoms with Gasteiger partial charge in [-0.15, -0.1) is 0 Å². The van der Waals surface area contributed by atoms with E-state index in [1.807, 2.05) is 0 Å². The minimum absolute atomic E-state index is 0.203. The van der Waals surface area contributed by atoms with Crippen molar-refractivity contribution in [3.63, 3.8) is 0 Å². The molecule has 1 aromatic heterocycles. The van der Waals surface area contributed by atoms with Gasteiger partial charge in [0.15, 0.2) is 0 Å². The van der Waals surface area contributed by atoms with Crippen LogP contribution in [0.2, 0.25) is 5.02 Å². The van der Waals surface area contributed by atoms with Crippen LogP contribution in [0.15, 0.2) is 30.5 Å². The van der Waals surface area contributed by atoms with E-state index in [9.17, 15) is 9.18 Å². The standard InChI is InChI=1S/C15H15ClFN3O/c1-19-14(11(16)9-18-19)15(21)20-8-4-7-13(20)10-5-2-3-6-12(10)17/h2-3,5-6,9,13H,4,7-8H2,1H3/t13-/m1/s1. The Balaban J connectivity index is 1.95. The second-order valence-electron chi connectivity index (χ2n) is 5.14. The quantitative estimate of drug-likeness (QED) is 0.854. The van der Waals surface area contributed by atoms with Crippen molar-refractivity contribution in [3.05, 3.63) is 52.6 Å². The van der Waals surface area contributed by atoms with E-state index in [4.69, 9.17) is 11.6 Å². The van der Waals surface area contributed by atoms with Crippen LogP contribution in [-0.4, -0.2) is 27.1 Å². The molecule has 1 aliphatic heterocycles. The number of hydrogen-bond donors (Lipinski definition) is 0. The van der Waals surface area contributed by atoms with Crippen LogP contribution in [0.5, 0.6) is 0 Å². The number of hydrogen-bond acceptors (Lipinski definition) is 2. The van der Waals surface area contributed by atoms with Gasteiger partial charge in [0.2, 0.25) is 0 Å². The van der Waals surface area contributed by atoms with E-state index in [1.54, 1.807) is 30.1 Å². The third-order valence-electron chi connectivity index (χ3n) is 3.87. The topological polar surface area (TPSA) is 38.1 Å². The van der Waals surface area contributed by atoms with Gasteiger partial charge in [-0.05, 0) is 18.9 Å². The van der Waals surface area contributed by atoms with Crippen molar-refractivity contribution in [1.82, 2.24) is 14.7 Å². The summed E-state index contributed by atoms with van der Waals surface area (Å²) in [6.45, 7) is 0.597. The third kappa shape index (κ3) is 2.42. The molecular formula is C15H15ClFN3O. The van der Waals surface area contributed by atoms with Crippen molar-refractivity contribution >= 4 is 17.5 Å². The van der Waals surface area contributed by atoms with Crippen LogP contribution < -0.4 is 0 Å². The lowest BCUT2D eigenvalue weighted by molar-refractivity contribution is 0.0722. The molecule has 21 heavy (non-hydrogen) atoms. The number of aryl methyl sites for hydroxylation is 1. The molecule has 0 bridgehead atoms. The number of rotatable bonds is 2. The summed E-state index contributed by atoms with van der Waals surface area (Å²) < 4.78 is 15.5. The molecule has 1 fully saturated rings. The van der Waals surface area contributed by atoms with Crippen molar-refractivity contribution in [3.8, 4) is 0 Å². The van der Waals surface area contributed by atoms with Gasteiger partial charge in [0, 0.05) is 19.2 Å². The molecule has 0 saturated carbocycles. The van der Waals surface area contributed by atoms with E-state index < -0.39 is 0 Å². The molecule has 4 nitrogen and oxygen atoms in total. The Bertz CT molecular complexity index is 666. The van der Waals surface area contributed by atoms with Gasteiger partial charge in [0.05, 0.1) is 17.3 Å². The van der Waals surface area contributed by atoms with Crippen molar-refractivity contribution in [2.24, 2.45) is 7.05 Å².